The van der Waals surface area contributed by atoms with Crippen molar-refractivity contribution in [3.63, 3.8) is 0 Å². The molecule has 0 aromatic carbocycles. The normalized spacial score (nSPS) is 26.4. The Morgan fingerprint density at radius 1 is 1.58 bits per heavy atom. The van der Waals surface area contributed by atoms with Gasteiger partial charge in [0.15, 0.2) is 15.7 Å². The Labute approximate surface area is 113 Å². The van der Waals surface area contributed by atoms with E-state index in [0.717, 1.165) is 0 Å². The third-order valence-corrected chi connectivity index (χ3v) is 5.50. The number of rotatable bonds is 4. The van der Waals surface area contributed by atoms with Gasteiger partial charge >= 0.3 is 0 Å². The summed E-state index contributed by atoms with van der Waals surface area (Å²) in [5.41, 5.74) is 4.41. The molecule has 1 amide bonds. The standard InChI is InChI=1S/C11H21N3O4S/c1-3-11(2,9(12)14-16)10(15)13-8-5-4-6-19(17,18)7-8/h8,16H,3-7H2,1-2H3,(H2,12,14)(H,13,15). The van der Waals surface area contributed by atoms with Crippen molar-refractivity contribution < 1.29 is 18.4 Å². The lowest BCUT2D eigenvalue weighted by molar-refractivity contribution is -0.127. The van der Waals surface area contributed by atoms with E-state index in [9.17, 15) is 13.2 Å². The number of hydrogen-bond acceptors (Lipinski definition) is 5. The Hall–Kier alpha value is -1.31. The van der Waals surface area contributed by atoms with Gasteiger partial charge in [0.25, 0.3) is 0 Å². The zero-order valence-electron chi connectivity index (χ0n) is 11.2. The lowest BCUT2D eigenvalue weighted by Crippen LogP contribution is -2.52. The molecule has 1 saturated heterocycles. The molecule has 1 fully saturated rings. The number of hydrogen-bond donors (Lipinski definition) is 3. The van der Waals surface area contributed by atoms with E-state index in [1.54, 1.807) is 13.8 Å². The number of nitrogens with two attached hydrogens (primary N) is 1. The highest BCUT2D eigenvalue weighted by Crippen LogP contribution is 2.23. The molecule has 1 rings (SSSR count). The van der Waals surface area contributed by atoms with Crippen LogP contribution < -0.4 is 11.1 Å². The largest absolute Gasteiger partial charge is 0.409 e. The third kappa shape index (κ3) is 3.59. The van der Waals surface area contributed by atoms with E-state index in [4.69, 9.17) is 10.9 Å². The fraction of sp³-hybridized carbons (Fsp3) is 0.818. The van der Waals surface area contributed by atoms with Crippen LogP contribution in [-0.2, 0) is 14.6 Å². The quantitative estimate of drug-likeness (QED) is 0.287. The number of nitrogens with one attached hydrogen (secondary N) is 1. The summed E-state index contributed by atoms with van der Waals surface area (Å²) in [5.74, 6) is -0.460. The Kier molecular flexibility index (Phi) is 4.78. The van der Waals surface area contributed by atoms with E-state index in [2.05, 4.69) is 10.5 Å². The van der Waals surface area contributed by atoms with Gasteiger partial charge in [0.2, 0.25) is 5.91 Å². The number of carbonyl (C=O) groups is 1. The highest BCUT2D eigenvalue weighted by Gasteiger charge is 2.38. The molecule has 2 atom stereocenters. The minimum atomic E-state index is -3.08. The summed E-state index contributed by atoms with van der Waals surface area (Å²) >= 11 is 0. The van der Waals surface area contributed by atoms with Crippen LogP contribution in [0.25, 0.3) is 0 Å². The van der Waals surface area contributed by atoms with Gasteiger partial charge in [-0.2, -0.15) is 0 Å². The van der Waals surface area contributed by atoms with Crippen molar-refractivity contribution >= 4 is 21.6 Å². The molecule has 110 valence electrons. The predicted octanol–water partition coefficient (Wildman–Crippen LogP) is -0.157. The molecule has 0 aromatic heterocycles. The van der Waals surface area contributed by atoms with Crippen molar-refractivity contribution in [1.29, 1.82) is 0 Å². The topological polar surface area (TPSA) is 122 Å². The van der Waals surface area contributed by atoms with Crippen LogP contribution in [0.3, 0.4) is 0 Å². The van der Waals surface area contributed by atoms with Crippen LogP contribution in [0.2, 0.25) is 0 Å². The monoisotopic (exact) mass is 291 g/mol. The maximum Gasteiger partial charge on any atom is 0.233 e. The first-order valence-corrected chi connectivity index (χ1v) is 8.06. The molecule has 2 unspecified atom stereocenters. The maximum absolute atomic E-state index is 12.2. The SMILES string of the molecule is CCC(C)(C(=O)NC1CCCS(=O)(=O)C1)C(N)=NO. The average molecular weight is 291 g/mol. The minimum Gasteiger partial charge on any atom is -0.409 e. The lowest BCUT2D eigenvalue weighted by atomic mass is 9.85. The molecule has 19 heavy (non-hydrogen) atoms. The highest BCUT2D eigenvalue weighted by molar-refractivity contribution is 7.91. The Bertz CT molecular complexity index is 474. The minimum absolute atomic E-state index is 0.0469. The van der Waals surface area contributed by atoms with Gasteiger partial charge in [0.1, 0.15) is 5.41 Å². The maximum atomic E-state index is 12.2. The van der Waals surface area contributed by atoms with E-state index in [-0.39, 0.29) is 17.3 Å². The van der Waals surface area contributed by atoms with Crippen LogP contribution in [0.1, 0.15) is 33.1 Å². The Balaban J connectivity index is 2.79. The van der Waals surface area contributed by atoms with Gasteiger partial charge in [0.05, 0.1) is 11.5 Å². The molecule has 7 nitrogen and oxygen atoms in total. The van der Waals surface area contributed by atoms with Gasteiger partial charge in [-0.3, -0.25) is 4.79 Å². The molecule has 0 aliphatic carbocycles. The summed E-state index contributed by atoms with van der Waals surface area (Å²) in [7, 11) is -3.08. The van der Waals surface area contributed by atoms with E-state index in [1.165, 1.54) is 0 Å². The molecule has 0 radical (unpaired) electrons. The highest BCUT2D eigenvalue weighted by atomic mass is 32.2. The number of sulfone groups is 1. The Morgan fingerprint density at radius 2 is 2.21 bits per heavy atom. The van der Waals surface area contributed by atoms with Crippen molar-refractivity contribution in [2.24, 2.45) is 16.3 Å². The number of nitrogens with zero attached hydrogens (tertiary/aromatic N) is 1. The molecular weight excluding hydrogens is 270 g/mol. The molecule has 4 N–H and O–H groups in total. The van der Waals surface area contributed by atoms with Gasteiger partial charge in [0, 0.05) is 6.04 Å². The van der Waals surface area contributed by atoms with Crippen molar-refractivity contribution in [2.45, 2.75) is 39.2 Å². The van der Waals surface area contributed by atoms with E-state index in [1.807, 2.05) is 0 Å². The summed E-state index contributed by atoms with van der Waals surface area (Å²) in [6, 6.07) is -0.399. The molecule has 0 bridgehead atoms. The van der Waals surface area contributed by atoms with Crippen LogP contribution >= 0.6 is 0 Å². The van der Waals surface area contributed by atoms with Gasteiger partial charge in [-0.05, 0) is 26.2 Å². The zero-order valence-corrected chi connectivity index (χ0v) is 12.0. The first kappa shape index (κ1) is 15.7. The average Bonchev–Trinajstić information content (AvgIpc) is 2.35. The molecule has 1 heterocycles. The van der Waals surface area contributed by atoms with Crippen LogP contribution in [0.4, 0.5) is 0 Å². The number of amides is 1. The number of amidine groups is 1. The number of oxime groups is 1. The van der Waals surface area contributed by atoms with Gasteiger partial charge in [-0.1, -0.05) is 12.1 Å². The summed E-state index contributed by atoms with van der Waals surface area (Å²) < 4.78 is 23.0. The first-order valence-electron chi connectivity index (χ1n) is 6.24. The second-order valence-corrected chi connectivity index (χ2v) is 7.33. The van der Waals surface area contributed by atoms with Crippen LogP contribution in [0.15, 0.2) is 5.16 Å². The van der Waals surface area contributed by atoms with Crippen molar-refractivity contribution in [2.75, 3.05) is 11.5 Å². The molecule has 8 heteroatoms. The lowest BCUT2D eigenvalue weighted by Gasteiger charge is -2.30. The van der Waals surface area contributed by atoms with E-state index < -0.39 is 27.2 Å². The third-order valence-electron chi connectivity index (χ3n) is 3.68. The summed E-state index contributed by atoms with van der Waals surface area (Å²) in [6.07, 6.45) is 1.52. The second-order valence-electron chi connectivity index (χ2n) is 5.10. The smallest absolute Gasteiger partial charge is 0.233 e. The van der Waals surface area contributed by atoms with Crippen LogP contribution in [0.5, 0.6) is 0 Å². The van der Waals surface area contributed by atoms with Crippen LogP contribution in [-0.4, -0.2) is 42.9 Å². The second kappa shape index (κ2) is 5.77. The molecule has 0 aromatic rings. The fourth-order valence-corrected chi connectivity index (χ4v) is 3.69. The molecule has 1 aliphatic heterocycles. The molecular formula is C11H21N3O4S. The Morgan fingerprint density at radius 3 is 2.68 bits per heavy atom. The predicted molar refractivity (Wildman–Crippen MR) is 71.6 cm³/mol. The van der Waals surface area contributed by atoms with Gasteiger partial charge in [-0.25, -0.2) is 8.42 Å². The van der Waals surface area contributed by atoms with Crippen LogP contribution in [0, 0.1) is 5.41 Å². The van der Waals surface area contributed by atoms with Gasteiger partial charge in [-0.15, -0.1) is 0 Å². The number of carbonyl (C=O) groups excluding carboxylic acids is 1. The fourth-order valence-electron chi connectivity index (χ4n) is 2.05. The van der Waals surface area contributed by atoms with E-state index in [0.29, 0.717) is 19.3 Å². The van der Waals surface area contributed by atoms with Crippen molar-refractivity contribution in [1.82, 2.24) is 5.32 Å². The van der Waals surface area contributed by atoms with Crippen molar-refractivity contribution in [3.8, 4) is 0 Å². The van der Waals surface area contributed by atoms with Crippen molar-refractivity contribution in [3.05, 3.63) is 0 Å². The van der Waals surface area contributed by atoms with E-state index >= 15 is 0 Å². The summed E-state index contributed by atoms with van der Waals surface area (Å²) in [4.78, 5) is 12.2. The first-order chi connectivity index (χ1) is 8.75. The van der Waals surface area contributed by atoms with Gasteiger partial charge < -0.3 is 16.3 Å². The zero-order chi connectivity index (χ0) is 14.7. The summed E-state index contributed by atoms with van der Waals surface area (Å²) in [5, 5.41) is 14.3. The molecule has 0 saturated carbocycles. The molecule has 1 aliphatic rings. The molecule has 0 spiro atoms. The summed E-state index contributed by atoms with van der Waals surface area (Å²) in [6.45, 7) is 3.31.